The van der Waals surface area contributed by atoms with E-state index in [0.717, 1.165) is 5.56 Å². The van der Waals surface area contributed by atoms with E-state index in [1.54, 1.807) is 30.3 Å². The fraction of sp³-hybridized carbons (Fsp3) is 0.250. The van der Waals surface area contributed by atoms with Crippen LogP contribution >= 0.6 is 11.6 Å². The molecular formula is C16H17ClFNO2. The predicted octanol–water partition coefficient (Wildman–Crippen LogP) is 4.04. The Morgan fingerprint density at radius 3 is 2.76 bits per heavy atom. The van der Waals surface area contributed by atoms with Gasteiger partial charge in [0.1, 0.15) is 5.75 Å². The van der Waals surface area contributed by atoms with Gasteiger partial charge in [0.05, 0.1) is 12.1 Å². The number of phenols is 1. The maximum Gasteiger partial charge on any atom is 0.165 e. The van der Waals surface area contributed by atoms with Gasteiger partial charge in [-0.2, -0.15) is 0 Å². The summed E-state index contributed by atoms with van der Waals surface area (Å²) in [6.45, 7) is 2.35. The van der Waals surface area contributed by atoms with Crippen LogP contribution in [0.4, 0.5) is 4.39 Å². The number of benzene rings is 2. The lowest BCUT2D eigenvalue weighted by atomic mass is 10.1. The summed E-state index contributed by atoms with van der Waals surface area (Å²) in [6, 6.07) is 9.95. The summed E-state index contributed by atoms with van der Waals surface area (Å²) < 4.78 is 18.6. The summed E-state index contributed by atoms with van der Waals surface area (Å²) in [7, 11) is 1.43. The van der Waals surface area contributed by atoms with Gasteiger partial charge in [0.15, 0.2) is 11.6 Å². The number of hydrogen-bond acceptors (Lipinski definition) is 3. The second kappa shape index (κ2) is 6.78. The van der Waals surface area contributed by atoms with Gasteiger partial charge < -0.3 is 15.2 Å². The summed E-state index contributed by atoms with van der Waals surface area (Å²) in [5.41, 5.74) is 1.50. The minimum absolute atomic E-state index is 0.0692. The number of hydrogen-bond donors (Lipinski definition) is 2. The molecule has 0 aliphatic rings. The quantitative estimate of drug-likeness (QED) is 0.875. The van der Waals surface area contributed by atoms with Crippen molar-refractivity contribution in [3.05, 3.63) is 58.4 Å². The van der Waals surface area contributed by atoms with E-state index in [0.29, 0.717) is 17.1 Å². The molecule has 21 heavy (non-hydrogen) atoms. The average molecular weight is 310 g/mol. The van der Waals surface area contributed by atoms with Crippen molar-refractivity contribution in [3.8, 4) is 11.5 Å². The summed E-state index contributed by atoms with van der Waals surface area (Å²) in [5.74, 6) is -0.104. The zero-order chi connectivity index (χ0) is 15.4. The van der Waals surface area contributed by atoms with Crippen LogP contribution in [0.1, 0.15) is 24.1 Å². The first-order valence-corrected chi connectivity index (χ1v) is 6.94. The second-order valence-electron chi connectivity index (χ2n) is 4.74. The molecule has 2 aromatic rings. The molecule has 112 valence electrons. The van der Waals surface area contributed by atoms with Crippen molar-refractivity contribution in [2.75, 3.05) is 7.11 Å². The van der Waals surface area contributed by atoms with Crippen LogP contribution in [0.5, 0.6) is 11.5 Å². The number of rotatable bonds is 5. The molecule has 0 saturated carbocycles. The van der Waals surface area contributed by atoms with Gasteiger partial charge in [0, 0.05) is 18.2 Å². The Labute approximate surface area is 128 Å². The molecular weight excluding hydrogens is 293 g/mol. The minimum Gasteiger partial charge on any atom is -0.506 e. The Balaban J connectivity index is 2.06. The Morgan fingerprint density at radius 2 is 2.10 bits per heavy atom. The third-order valence-corrected chi connectivity index (χ3v) is 3.65. The molecule has 0 aliphatic heterocycles. The van der Waals surface area contributed by atoms with E-state index in [-0.39, 0.29) is 17.5 Å². The zero-order valence-electron chi connectivity index (χ0n) is 11.9. The number of nitrogens with one attached hydrogen (secondary N) is 1. The molecule has 1 atom stereocenters. The lowest BCUT2D eigenvalue weighted by Crippen LogP contribution is -2.18. The van der Waals surface area contributed by atoms with Gasteiger partial charge in [-0.05, 0) is 30.7 Å². The fourth-order valence-corrected chi connectivity index (χ4v) is 2.23. The standard InChI is InChI=1S/C16H17ClFNO2/c1-10(11-6-7-15(21-2)14(18)8-11)19-9-12-4-3-5-13(17)16(12)20/h3-8,10,19-20H,9H2,1-2H3. The van der Waals surface area contributed by atoms with Crippen molar-refractivity contribution in [2.45, 2.75) is 19.5 Å². The lowest BCUT2D eigenvalue weighted by molar-refractivity contribution is 0.385. The topological polar surface area (TPSA) is 41.5 Å². The van der Waals surface area contributed by atoms with Gasteiger partial charge >= 0.3 is 0 Å². The summed E-state index contributed by atoms with van der Waals surface area (Å²) in [6.07, 6.45) is 0. The molecule has 5 heteroatoms. The molecule has 0 amide bonds. The van der Waals surface area contributed by atoms with Crippen LogP contribution in [0.15, 0.2) is 36.4 Å². The predicted molar refractivity (Wildman–Crippen MR) is 81.3 cm³/mol. The van der Waals surface area contributed by atoms with Crippen LogP contribution in [-0.2, 0) is 6.54 Å². The van der Waals surface area contributed by atoms with E-state index in [1.165, 1.54) is 13.2 Å². The highest BCUT2D eigenvalue weighted by atomic mass is 35.5. The number of aromatic hydroxyl groups is 1. The van der Waals surface area contributed by atoms with Crippen molar-refractivity contribution in [3.63, 3.8) is 0 Å². The second-order valence-corrected chi connectivity index (χ2v) is 5.15. The zero-order valence-corrected chi connectivity index (χ0v) is 12.6. The highest BCUT2D eigenvalue weighted by molar-refractivity contribution is 6.32. The van der Waals surface area contributed by atoms with Crippen molar-refractivity contribution in [1.82, 2.24) is 5.32 Å². The molecule has 1 unspecified atom stereocenters. The van der Waals surface area contributed by atoms with Gasteiger partial charge in [-0.15, -0.1) is 0 Å². The third-order valence-electron chi connectivity index (χ3n) is 3.34. The van der Waals surface area contributed by atoms with E-state index in [9.17, 15) is 9.50 Å². The number of methoxy groups -OCH3 is 1. The molecule has 3 nitrogen and oxygen atoms in total. The van der Waals surface area contributed by atoms with Crippen LogP contribution in [0.25, 0.3) is 0 Å². The number of phenolic OH excluding ortho intramolecular Hbond substituents is 1. The molecule has 2 rings (SSSR count). The van der Waals surface area contributed by atoms with Crippen molar-refractivity contribution >= 4 is 11.6 Å². The van der Waals surface area contributed by atoms with E-state index in [1.807, 2.05) is 6.92 Å². The average Bonchev–Trinajstić information content (AvgIpc) is 2.48. The SMILES string of the molecule is COc1ccc(C(C)NCc2cccc(Cl)c2O)cc1F. The molecule has 0 bridgehead atoms. The summed E-state index contributed by atoms with van der Waals surface area (Å²) in [4.78, 5) is 0. The monoisotopic (exact) mass is 309 g/mol. The Kier molecular flexibility index (Phi) is 5.04. The van der Waals surface area contributed by atoms with Gasteiger partial charge in [-0.25, -0.2) is 4.39 Å². The molecule has 0 radical (unpaired) electrons. The van der Waals surface area contributed by atoms with Crippen LogP contribution < -0.4 is 10.1 Å². The first-order valence-electron chi connectivity index (χ1n) is 6.56. The molecule has 0 saturated heterocycles. The van der Waals surface area contributed by atoms with Gasteiger partial charge in [-0.1, -0.05) is 29.8 Å². The van der Waals surface area contributed by atoms with Crippen LogP contribution in [-0.4, -0.2) is 12.2 Å². The summed E-state index contributed by atoms with van der Waals surface area (Å²) in [5, 5.41) is 13.4. The minimum atomic E-state index is -0.394. The van der Waals surface area contributed by atoms with Crippen molar-refractivity contribution in [2.24, 2.45) is 0 Å². The molecule has 0 spiro atoms. The Bertz CT molecular complexity index is 634. The third kappa shape index (κ3) is 3.65. The van der Waals surface area contributed by atoms with Crippen molar-refractivity contribution in [1.29, 1.82) is 0 Å². The Hall–Kier alpha value is -1.78. The molecule has 2 N–H and O–H groups in total. The van der Waals surface area contributed by atoms with E-state index >= 15 is 0 Å². The lowest BCUT2D eigenvalue weighted by Gasteiger charge is -2.16. The molecule has 0 aromatic heterocycles. The summed E-state index contributed by atoms with van der Waals surface area (Å²) >= 11 is 5.86. The van der Waals surface area contributed by atoms with E-state index < -0.39 is 5.82 Å². The highest BCUT2D eigenvalue weighted by Gasteiger charge is 2.11. The molecule has 2 aromatic carbocycles. The first kappa shape index (κ1) is 15.6. The van der Waals surface area contributed by atoms with Crippen LogP contribution in [0.2, 0.25) is 5.02 Å². The van der Waals surface area contributed by atoms with Crippen molar-refractivity contribution < 1.29 is 14.2 Å². The molecule has 0 aliphatic carbocycles. The first-order chi connectivity index (χ1) is 10.0. The van der Waals surface area contributed by atoms with E-state index in [4.69, 9.17) is 16.3 Å². The maximum atomic E-state index is 13.7. The highest BCUT2D eigenvalue weighted by Crippen LogP contribution is 2.27. The van der Waals surface area contributed by atoms with E-state index in [2.05, 4.69) is 5.32 Å². The molecule has 0 fully saturated rings. The number of ether oxygens (including phenoxy) is 1. The van der Waals surface area contributed by atoms with Crippen LogP contribution in [0, 0.1) is 5.82 Å². The Morgan fingerprint density at radius 1 is 1.33 bits per heavy atom. The fourth-order valence-electron chi connectivity index (χ4n) is 2.04. The maximum absolute atomic E-state index is 13.7. The van der Waals surface area contributed by atoms with Gasteiger partial charge in [-0.3, -0.25) is 0 Å². The largest absolute Gasteiger partial charge is 0.506 e. The normalized spacial score (nSPS) is 12.2. The van der Waals surface area contributed by atoms with Gasteiger partial charge in [0.25, 0.3) is 0 Å². The van der Waals surface area contributed by atoms with Gasteiger partial charge in [0.2, 0.25) is 0 Å². The molecule has 0 heterocycles. The van der Waals surface area contributed by atoms with Crippen LogP contribution in [0.3, 0.4) is 0 Å². The number of para-hydroxylation sites is 1. The smallest absolute Gasteiger partial charge is 0.165 e. The number of halogens is 2.